The largest absolute Gasteiger partial charge is 0.459 e. The number of benzene rings is 1. The number of likely N-dealkylation sites (N-methyl/N-ethyl adjacent to an activating group) is 1. The number of amides is 2. The van der Waals surface area contributed by atoms with Crippen LogP contribution in [-0.2, 0) is 29.1 Å². The topological polar surface area (TPSA) is 87.5 Å². The van der Waals surface area contributed by atoms with E-state index in [1.165, 1.54) is 6.08 Å². The zero-order valence-electron chi connectivity index (χ0n) is 17.5. The van der Waals surface area contributed by atoms with E-state index < -0.39 is 0 Å². The zero-order chi connectivity index (χ0) is 21.1. The lowest BCUT2D eigenvalue weighted by atomic mass is 10.1. The maximum atomic E-state index is 12.6. The minimum Gasteiger partial charge on any atom is -0.459 e. The normalized spacial score (nSPS) is 13.4. The molecule has 2 amide bonds. The van der Waals surface area contributed by atoms with Crippen LogP contribution in [0, 0.1) is 0 Å². The number of carbonyl (C=O) groups excluding carboxylic acids is 2. The van der Waals surface area contributed by atoms with Gasteiger partial charge in [0.1, 0.15) is 17.2 Å². The van der Waals surface area contributed by atoms with Crippen molar-refractivity contribution in [1.29, 1.82) is 0 Å². The van der Waals surface area contributed by atoms with Crippen molar-refractivity contribution >= 4 is 47.1 Å². The van der Waals surface area contributed by atoms with Gasteiger partial charge in [0.2, 0.25) is 11.8 Å². The van der Waals surface area contributed by atoms with E-state index in [2.05, 4.69) is 22.5 Å². The van der Waals surface area contributed by atoms with Crippen LogP contribution in [0.3, 0.4) is 0 Å². The predicted octanol–water partition coefficient (Wildman–Crippen LogP) is 3.53. The highest BCUT2D eigenvalue weighted by Gasteiger charge is 2.16. The van der Waals surface area contributed by atoms with Crippen molar-refractivity contribution in [2.45, 2.75) is 26.4 Å². The second-order valence-electron chi connectivity index (χ2n) is 7.31. The fraction of sp³-hybridized carbons (Fsp3) is 0.261. The summed E-state index contributed by atoms with van der Waals surface area (Å²) < 4.78 is 5.99. The summed E-state index contributed by atoms with van der Waals surface area (Å²) in [6.45, 7) is 3.29. The van der Waals surface area contributed by atoms with Crippen LogP contribution >= 0.6 is 12.4 Å². The number of fused-ring (bicyclic) bond motifs is 2. The lowest BCUT2D eigenvalue weighted by Gasteiger charge is -2.14. The van der Waals surface area contributed by atoms with Crippen LogP contribution < -0.4 is 10.6 Å². The number of aryl methyl sites for hydroxylation is 1. The number of hydrogen-bond donors (Lipinski definition) is 2. The first-order valence-corrected chi connectivity index (χ1v) is 9.97. The predicted molar refractivity (Wildman–Crippen MR) is 123 cm³/mol. The molecule has 2 aromatic heterocycles. The fourth-order valence-electron chi connectivity index (χ4n) is 3.61. The van der Waals surface area contributed by atoms with Crippen LogP contribution in [0.4, 0.5) is 5.82 Å². The number of anilines is 1. The van der Waals surface area contributed by atoms with Gasteiger partial charge in [0, 0.05) is 42.4 Å². The highest BCUT2D eigenvalue weighted by Crippen LogP contribution is 2.27. The Bertz CT molecular complexity index is 1140. The second kappa shape index (κ2) is 9.76. The molecule has 3 aromatic rings. The van der Waals surface area contributed by atoms with Crippen LogP contribution in [0.5, 0.6) is 0 Å². The van der Waals surface area contributed by atoms with E-state index in [1.54, 1.807) is 24.2 Å². The first kappa shape index (κ1) is 22.5. The first-order valence-electron chi connectivity index (χ1n) is 9.97. The number of para-hydroxylation sites is 1. The maximum Gasteiger partial charge on any atom is 0.246 e. The summed E-state index contributed by atoms with van der Waals surface area (Å²) in [7, 11) is 1.76. The summed E-state index contributed by atoms with van der Waals surface area (Å²) in [5.74, 6) is 1.14. The fourth-order valence-corrected chi connectivity index (χ4v) is 3.61. The third-order valence-corrected chi connectivity index (χ3v) is 5.16. The SMILES string of the molecule is CCc1c(CN(C)C(=O)/C=C/c2cnc3c(c2)CNCC(=O)N3)oc2ccccc12.Cl. The lowest BCUT2D eigenvalue weighted by molar-refractivity contribution is -0.125. The van der Waals surface area contributed by atoms with Gasteiger partial charge < -0.3 is 20.0 Å². The Labute approximate surface area is 186 Å². The van der Waals surface area contributed by atoms with Gasteiger partial charge in [0.25, 0.3) is 0 Å². The van der Waals surface area contributed by atoms with Gasteiger partial charge in [-0.25, -0.2) is 4.98 Å². The molecule has 0 fully saturated rings. The minimum atomic E-state index is -0.126. The molecule has 31 heavy (non-hydrogen) atoms. The molecule has 162 valence electrons. The molecule has 0 saturated heterocycles. The number of pyridine rings is 1. The van der Waals surface area contributed by atoms with E-state index in [0.29, 0.717) is 18.9 Å². The lowest BCUT2D eigenvalue weighted by Crippen LogP contribution is -2.24. The molecular formula is C23H25ClN4O3. The number of rotatable bonds is 5. The number of nitrogens with one attached hydrogen (secondary N) is 2. The van der Waals surface area contributed by atoms with Gasteiger partial charge in [-0.1, -0.05) is 25.1 Å². The maximum absolute atomic E-state index is 12.6. The second-order valence-corrected chi connectivity index (χ2v) is 7.31. The molecule has 8 heteroatoms. The van der Waals surface area contributed by atoms with E-state index in [9.17, 15) is 9.59 Å². The minimum absolute atomic E-state index is 0. The van der Waals surface area contributed by atoms with Crippen molar-refractivity contribution in [3.05, 3.63) is 65.1 Å². The highest BCUT2D eigenvalue weighted by molar-refractivity contribution is 5.93. The van der Waals surface area contributed by atoms with Crippen molar-refractivity contribution in [3.63, 3.8) is 0 Å². The van der Waals surface area contributed by atoms with Crippen LogP contribution in [0.15, 0.2) is 47.0 Å². The molecule has 4 rings (SSSR count). The summed E-state index contributed by atoms with van der Waals surface area (Å²) in [5.41, 5.74) is 3.67. The monoisotopic (exact) mass is 440 g/mol. The van der Waals surface area contributed by atoms with Crippen molar-refractivity contribution < 1.29 is 14.0 Å². The van der Waals surface area contributed by atoms with Gasteiger partial charge in [-0.3, -0.25) is 9.59 Å². The number of hydrogen-bond acceptors (Lipinski definition) is 5. The number of aromatic nitrogens is 1. The zero-order valence-corrected chi connectivity index (χ0v) is 18.3. The van der Waals surface area contributed by atoms with Gasteiger partial charge in [0.05, 0.1) is 13.1 Å². The Hall–Kier alpha value is -3.16. The van der Waals surface area contributed by atoms with E-state index in [4.69, 9.17) is 4.42 Å². The van der Waals surface area contributed by atoms with Gasteiger partial charge in [-0.2, -0.15) is 0 Å². The molecule has 1 aliphatic rings. The number of carbonyl (C=O) groups is 2. The van der Waals surface area contributed by atoms with E-state index in [0.717, 1.165) is 39.8 Å². The highest BCUT2D eigenvalue weighted by atomic mass is 35.5. The smallest absolute Gasteiger partial charge is 0.246 e. The number of halogens is 1. The van der Waals surface area contributed by atoms with E-state index in [-0.39, 0.29) is 30.8 Å². The molecule has 0 unspecified atom stereocenters. The molecule has 1 aliphatic heterocycles. The molecular weight excluding hydrogens is 416 g/mol. The molecule has 0 saturated carbocycles. The third-order valence-electron chi connectivity index (χ3n) is 5.16. The molecule has 0 spiro atoms. The van der Waals surface area contributed by atoms with E-state index >= 15 is 0 Å². The van der Waals surface area contributed by atoms with Gasteiger partial charge in [0.15, 0.2) is 0 Å². The molecule has 0 radical (unpaired) electrons. The Morgan fingerprint density at radius 3 is 2.90 bits per heavy atom. The van der Waals surface area contributed by atoms with Gasteiger partial charge >= 0.3 is 0 Å². The van der Waals surface area contributed by atoms with Crippen molar-refractivity contribution in [2.24, 2.45) is 0 Å². The Kier molecular flexibility index (Phi) is 7.09. The first-order chi connectivity index (χ1) is 14.5. The molecule has 3 heterocycles. The van der Waals surface area contributed by atoms with Gasteiger partial charge in [-0.05, 0) is 30.2 Å². The Morgan fingerprint density at radius 1 is 1.29 bits per heavy atom. The summed E-state index contributed by atoms with van der Waals surface area (Å²) in [4.78, 5) is 30.2. The molecule has 1 aromatic carbocycles. The average molecular weight is 441 g/mol. The summed E-state index contributed by atoms with van der Waals surface area (Å²) >= 11 is 0. The average Bonchev–Trinajstić information content (AvgIpc) is 2.98. The van der Waals surface area contributed by atoms with Crippen LogP contribution in [0.2, 0.25) is 0 Å². The third kappa shape index (κ3) is 4.95. The number of furan rings is 1. The summed E-state index contributed by atoms with van der Waals surface area (Å²) in [6, 6.07) is 9.85. The van der Waals surface area contributed by atoms with Crippen molar-refractivity contribution in [2.75, 3.05) is 18.9 Å². The molecule has 2 N–H and O–H groups in total. The molecule has 0 aliphatic carbocycles. The van der Waals surface area contributed by atoms with E-state index in [1.807, 2.05) is 30.3 Å². The van der Waals surface area contributed by atoms with Crippen LogP contribution in [0.25, 0.3) is 17.0 Å². The molecule has 0 atom stereocenters. The Balaban J connectivity index is 0.00000272. The molecule has 0 bridgehead atoms. The quantitative estimate of drug-likeness (QED) is 0.592. The standard InChI is InChI=1S/C23H24N4O3.ClH/c1-3-17-18-6-4-5-7-19(18)30-20(17)14-27(2)22(29)9-8-15-10-16-12-24-13-21(28)26-23(16)25-11-15;/h4-11,24H,3,12-14H2,1-2H3,(H,25,26,28);1H/b9-8+;. The Morgan fingerprint density at radius 2 is 2.10 bits per heavy atom. The number of nitrogens with zero attached hydrogens (tertiary/aromatic N) is 2. The van der Waals surface area contributed by atoms with Gasteiger partial charge in [-0.15, -0.1) is 12.4 Å². The van der Waals surface area contributed by atoms with Crippen LogP contribution in [-0.4, -0.2) is 35.3 Å². The summed E-state index contributed by atoms with van der Waals surface area (Å²) in [6.07, 6.45) is 5.75. The van der Waals surface area contributed by atoms with Crippen molar-refractivity contribution in [3.8, 4) is 0 Å². The summed E-state index contributed by atoms with van der Waals surface area (Å²) in [5, 5.41) is 6.91. The van der Waals surface area contributed by atoms with Crippen LogP contribution in [0.1, 0.15) is 29.4 Å². The molecule has 7 nitrogen and oxygen atoms in total. The van der Waals surface area contributed by atoms with Crippen molar-refractivity contribution in [1.82, 2.24) is 15.2 Å².